The molecule has 1 heterocycles. The molecule has 0 bridgehead atoms. The number of primary amides is 1. The Morgan fingerprint density at radius 1 is 1.29 bits per heavy atom. The van der Waals surface area contributed by atoms with Gasteiger partial charge < -0.3 is 21.1 Å². The molecule has 0 aromatic heterocycles. The Hall–Kier alpha value is -0.360. The number of nitrogens with zero attached hydrogens (tertiary/aromatic N) is 1. The summed E-state index contributed by atoms with van der Waals surface area (Å²) in [5.41, 5.74) is 10.5. The Morgan fingerprint density at radius 3 is 2.47 bits per heavy atom. The van der Waals surface area contributed by atoms with Gasteiger partial charge in [-0.2, -0.15) is 0 Å². The summed E-state index contributed by atoms with van der Waals surface area (Å²) in [6.45, 7) is 5.02. The molecular weight excluding hydrogens is 242 g/mol. The van der Waals surface area contributed by atoms with Crippen molar-refractivity contribution in [2.45, 2.75) is 19.3 Å². The van der Waals surface area contributed by atoms with Gasteiger partial charge >= 0.3 is 0 Å². The number of hydrogen-bond acceptors (Lipinski definition) is 4. The smallest absolute Gasteiger partial charge is 0.217 e. The van der Waals surface area contributed by atoms with Crippen molar-refractivity contribution in [1.82, 2.24) is 4.90 Å². The maximum absolute atomic E-state index is 10.8. The average molecular weight is 266 g/mol. The zero-order valence-corrected chi connectivity index (χ0v) is 11.1. The van der Waals surface area contributed by atoms with Crippen LogP contribution in [0.15, 0.2) is 0 Å². The van der Waals surface area contributed by atoms with Crippen LogP contribution in [0.25, 0.3) is 0 Å². The van der Waals surface area contributed by atoms with Crippen molar-refractivity contribution in [2.24, 2.45) is 17.4 Å². The summed E-state index contributed by atoms with van der Waals surface area (Å²) in [7, 11) is 0. The van der Waals surface area contributed by atoms with Gasteiger partial charge in [-0.15, -0.1) is 12.4 Å². The second-order valence-electron chi connectivity index (χ2n) is 4.36. The highest BCUT2D eigenvalue weighted by atomic mass is 35.5. The predicted molar refractivity (Wildman–Crippen MR) is 70.1 cm³/mol. The normalized spacial score (nSPS) is 17.7. The molecule has 1 saturated heterocycles. The molecule has 0 radical (unpaired) electrons. The van der Waals surface area contributed by atoms with E-state index in [0.717, 1.165) is 39.1 Å². The number of nitrogens with two attached hydrogens (primary N) is 2. The maximum atomic E-state index is 10.8. The molecule has 17 heavy (non-hydrogen) atoms. The fourth-order valence-corrected chi connectivity index (χ4v) is 2.08. The molecule has 1 aliphatic rings. The highest BCUT2D eigenvalue weighted by molar-refractivity contribution is 5.85. The Kier molecular flexibility index (Phi) is 9.44. The van der Waals surface area contributed by atoms with Crippen molar-refractivity contribution in [2.75, 3.05) is 39.4 Å². The van der Waals surface area contributed by atoms with Crippen LogP contribution in [0.3, 0.4) is 0 Å². The van der Waals surface area contributed by atoms with Crippen molar-refractivity contribution < 1.29 is 9.53 Å². The zero-order valence-electron chi connectivity index (χ0n) is 10.3. The lowest BCUT2D eigenvalue weighted by Crippen LogP contribution is -2.37. The first-order valence-electron chi connectivity index (χ1n) is 6.01. The molecule has 0 aromatic rings. The minimum atomic E-state index is -0.176. The quantitative estimate of drug-likeness (QED) is 0.634. The molecule has 6 heteroatoms. The summed E-state index contributed by atoms with van der Waals surface area (Å²) in [4.78, 5) is 13.1. The lowest BCUT2D eigenvalue weighted by molar-refractivity contribution is -0.119. The van der Waals surface area contributed by atoms with Crippen LogP contribution in [-0.2, 0) is 9.53 Å². The number of ether oxygens (including phenoxy) is 1. The van der Waals surface area contributed by atoms with Crippen LogP contribution in [0, 0.1) is 5.92 Å². The first kappa shape index (κ1) is 16.6. The molecule has 4 N–H and O–H groups in total. The van der Waals surface area contributed by atoms with Gasteiger partial charge in [-0.25, -0.2) is 0 Å². The molecule has 0 atom stereocenters. The maximum Gasteiger partial charge on any atom is 0.217 e. The summed E-state index contributed by atoms with van der Waals surface area (Å²) in [6.07, 6.45) is 2.68. The number of hydrogen-bond donors (Lipinski definition) is 2. The summed E-state index contributed by atoms with van der Waals surface area (Å²) < 4.78 is 5.34. The van der Waals surface area contributed by atoms with Crippen molar-refractivity contribution >= 4 is 18.3 Å². The van der Waals surface area contributed by atoms with Gasteiger partial charge in [0.1, 0.15) is 0 Å². The van der Waals surface area contributed by atoms with Crippen LogP contribution in [0.2, 0.25) is 0 Å². The third-order valence-corrected chi connectivity index (χ3v) is 3.01. The van der Waals surface area contributed by atoms with Crippen molar-refractivity contribution in [3.63, 3.8) is 0 Å². The Morgan fingerprint density at radius 2 is 1.94 bits per heavy atom. The molecule has 0 unspecified atom stereocenters. The summed E-state index contributed by atoms with van der Waals surface area (Å²) in [6, 6.07) is 0. The SMILES string of the molecule is Cl.NCCOCCN1CCC(CC(N)=O)CC1. The Balaban J connectivity index is 0.00000256. The largest absolute Gasteiger partial charge is 0.379 e. The van der Waals surface area contributed by atoms with Crippen LogP contribution >= 0.6 is 12.4 Å². The Bertz CT molecular complexity index is 209. The van der Waals surface area contributed by atoms with E-state index in [2.05, 4.69) is 4.90 Å². The van der Waals surface area contributed by atoms with E-state index < -0.39 is 0 Å². The molecule has 5 nitrogen and oxygen atoms in total. The van der Waals surface area contributed by atoms with E-state index in [4.69, 9.17) is 16.2 Å². The molecule has 0 aliphatic carbocycles. The van der Waals surface area contributed by atoms with E-state index in [1.54, 1.807) is 0 Å². The highest BCUT2D eigenvalue weighted by Crippen LogP contribution is 2.19. The molecule has 0 aromatic carbocycles. The van der Waals surface area contributed by atoms with Crippen LogP contribution in [0.1, 0.15) is 19.3 Å². The highest BCUT2D eigenvalue weighted by Gasteiger charge is 2.20. The van der Waals surface area contributed by atoms with Crippen molar-refractivity contribution in [3.8, 4) is 0 Å². The van der Waals surface area contributed by atoms with E-state index in [0.29, 0.717) is 25.5 Å². The summed E-state index contributed by atoms with van der Waals surface area (Å²) >= 11 is 0. The van der Waals surface area contributed by atoms with Gasteiger partial charge in [0.05, 0.1) is 13.2 Å². The number of amides is 1. The fourth-order valence-electron chi connectivity index (χ4n) is 2.08. The first-order chi connectivity index (χ1) is 7.72. The van der Waals surface area contributed by atoms with Gasteiger partial charge in [0.2, 0.25) is 5.91 Å². The second-order valence-corrected chi connectivity index (χ2v) is 4.36. The van der Waals surface area contributed by atoms with Gasteiger partial charge in [-0.1, -0.05) is 0 Å². The third-order valence-electron chi connectivity index (χ3n) is 3.01. The first-order valence-corrected chi connectivity index (χ1v) is 6.01. The number of carbonyl (C=O) groups is 1. The predicted octanol–water partition coefficient (Wildman–Crippen LogP) is -0.0291. The van der Waals surface area contributed by atoms with E-state index >= 15 is 0 Å². The van der Waals surface area contributed by atoms with Crippen LogP contribution in [0.5, 0.6) is 0 Å². The lowest BCUT2D eigenvalue weighted by atomic mass is 9.93. The zero-order chi connectivity index (χ0) is 11.8. The molecule has 0 saturated carbocycles. The van der Waals surface area contributed by atoms with Crippen LogP contribution in [-0.4, -0.2) is 50.2 Å². The van der Waals surface area contributed by atoms with E-state index in [1.807, 2.05) is 0 Å². The topological polar surface area (TPSA) is 81.6 Å². The van der Waals surface area contributed by atoms with Gasteiger partial charge in [0, 0.05) is 19.5 Å². The van der Waals surface area contributed by atoms with Gasteiger partial charge in [0.25, 0.3) is 0 Å². The number of rotatable bonds is 7. The van der Waals surface area contributed by atoms with E-state index in [9.17, 15) is 4.79 Å². The van der Waals surface area contributed by atoms with Crippen LogP contribution < -0.4 is 11.5 Å². The lowest BCUT2D eigenvalue weighted by Gasteiger charge is -2.31. The molecule has 0 spiro atoms. The summed E-state index contributed by atoms with van der Waals surface area (Å²) in [5.74, 6) is 0.309. The molecule has 1 aliphatic heterocycles. The monoisotopic (exact) mass is 265 g/mol. The van der Waals surface area contributed by atoms with E-state index in [1.165, 1.54) is 0 Å². The third kappa shape index (κ3) is 7.54. The van der Waals surface area contributed by atoms with Gasteiger partial charge in [-0.3, -0.25) is 4.79 Å². The Labute approximate surface area is 109 Å². The van der Waals surface area contributed by atoms with Gasteiger partial charge in [0.15, 0.2) is 0 Å². The van der Waals surface area contributed by atoms with Gasteiger partial charge in [-0.05, 0) is 31.8 Å². The van der Waals surface area contributed by atoms with Crippen molar-refractivity contribution in [1.29, 1.82) is 0 Å². The molecule has 1 fully saturated rings. The minimum Gasteiger partial charge on any atom is -0.379 e. The summed E-state index contributed by atoms with van der Waals surface area (Å²) in [5, 5.41) is 0. The van der Waals surface area contributed by atoms with Crippen LogP contribution in [0.4, 0.5) is 0 Å². The number of piperidine rings is 1. The van der Waals surface area contributed by atoms with E-state index in [-0.39, 0.29) is 18.3 Å². The molecule has 102 valence electrons. The second kappa shape index (κ2) is 9.65. The standard InChI is InChI=1S/C11H23N3O2.ClH/c12-3-7-16-8-6-14-4-1-10(2-5-14)9-11(13)15;/h10H,1-9,12H2,(H2,13,15);1H. The fraction of sp³-hybridized carbons (Fsp3) is 0.909. The number of halogens is 1. The molecule has 1 rings (SSSR count). The number of carbonyl (C=O) groups excluding carboxylic acids is 1. The number of likely N-dealkylation sites (tertiary alicyclic amines) is 1. The van der Waals surface area contributed by atoms with Crippen molar-refractivity contribution in [3.05, 3.63) is 0 Å². The molecule has 1 amide bonds. The minimum absolute atomic E-state index is 0. The average Bonchev–Trinajstić information content (AvgIpc) is 2.26. The molecular formula is C11H24ClN3O2.